The number of aromatic nitrogens is 1. The van der Waals surface area contributed by atoms with Crippen molar-refractivity contribution in [3.05, 3.63) is 58.6 Å². The molecule has 8 heteroatoms. The summed E-state index contributed by atoms with van der Waals surface area (Å²) < 4.78 is 13.9. The third-order valence-corrected chi connectivity index (χ3v) is 2.94. The molecule has 0 saturated carbocycles. The molecule has 6 nitrogen and oxygen atoms in total. The normalized spacial score (nSPS) is 11.2. The van der Waals surface area contributed by atoms with Gasteiger partial charge < -0.3 is 16.3 Å². The maximum atomic E-state index is 13.9. The van der Waals surface area contributed by atoms with E-state index in [2.05, 4.69) is 15.5 Å². The fourth-order valence-corrected chi connectivity index (χ4v) is 1.79. The monoisotopic (exact) mass is 308 g/mol. The van der Waals surface area contributed by atoms with Crippen molar-refractivity contribution in [3.63, 3.8) is 0 Å². The first-order valence-corrected chi connectivity index (χ1v) is 6.09. The zero-order valence-corrected chi connectivity index (χ0v) is 11.3. The van der Waals surface area contributed by atoms with Crippen LogP contribution < -0.4 is 11.1 Å². The number of carbonyl (C=O) groups excluding carboxylic acids is 1. The van der Waals surface area contributed by atoms with E-state index in [0.717, 1.165) is 6.07 Å². The summed E-state index contributed by atoms with van der Waals surface area (Å²) >= 11 is 5.83. The van der Waals surface area contributed by atoms with Crippen molar-refractivity contribution in [1.29, 1.82) is 0 Å². The first-order chi connectivity index (χ1) is 10.0. The molecule has 1 aromatic carbocycles. The lowest BCUT2D eigenvalue weighted by molar-refractivity contribution is 0.102. The fraction of sp³-hybridized carbons (Fsp3) is 0. The molecule has 4 N–H and O–H groups in total. The Morgan fingerprint density at radius 1 is 1.43 bits per heavy atom. The Hall–Kier alpha value is -2.67. The molecule has 0 aliphatic carbocycles. The molecule has 108 valence electrons. The highest BCUT2D eigenvalue weighted by atomic mass is 35.5. The standard InChI is InChI=1S/C13H10ClFN4O2/c14-9-6-17-4-3-8(9)13(20)18-11-2-1-7(5-10(11)15)12(16)19-21/h1-6,21H,(H2,16,19)(H,18,20). The van der Waals surface area contributed by atoms with Crippen LogP contribution in [0.4, 0.5) is 10.1 Å². The number of anilines is 1. The highest BCUT2D eigenvalue weighted by Gasteiger charge is 2.13. The van der Waals surface area contributed by atoms with E-state index in [9.17, 15) is 9.18 Å². The van der Waals surface area contributed by atoms with Crippen LogP contribution in [-0.2, 0) is 0 Å². The van der Waals surface area contributed by atoms with Crippen molar-refractivity contribution in [3.8, 4) is 0 Å². The third-order valence-electron chi connectivity index (χ3n) is 2.64. The van der Waals surface area contributed by atoms with Gasteiger partial charge in [0, 0.05) is 18.0 Å². The van der Waals surface area contributed by atoms with Gasteiger partial charge in [-0.2, -0.15) is 0 Å². The van der Waals surface area contributed by atoms with Gasteiger partial charge in [0.1, 0.15) is 5.82 Å². The highest BCUT2D eigenvalue weighted by molar-refractivity contribution is 6.34. The Kier molecular flexibility index (Phi) is 4.34. The first kappa shape index (κ1) is 14.7. The predicted molar refractivity (Wildman–Crippen MR) is 76.1 cm³/mol. The molecule has 0 saturated heterocycles. The zero-order valence-electron chi connectivity index (χ0n) is 10.5. The van der Waals surface area contributed by atoms with E-state index in [1.165, 1.54) is 30.6 Å². The van der Waals surface area contributed by atoms with Crippen LogP contribution in [0.3, 0.4) is 0 Å². The topological polar surface area (TPSA) is 101 Å². The Bertz CT molecular complexity index is 721. The second-order valence-electron chi connectivity index (χ2n) is 3.99. The minimum atomic E-state index is -0.724. The third kappa shape index (κ3) is 3.26. The molecule has 0 fully saturated rings. The average Bonchev–Trinajstić information content (AvgIpc) is 2.48. The van der Waals surface area contributed by atoms with E-state index in [1.54, 1.807) is 0 Å². The Balaban J connectivity index is 2.25. The van der Waals surface area contributed by atoms with Gasteiger partial charge in [-0.15, -0.1) is 0 Å². The molecule has 0 radical (unpaired) electrons. The smallest absolute Gasteiger partial charge is 0.257 e. The Labute approximate surface area is 124 Å². The quantitative estimate of drug-likeness (QED) is 0.350. The van der Waals surface area contributed by atoms with Crippen molar-refractivity contribution in [2.45, 2.75) is 0 Å². The summed E-state index contributed by atoms with van der Waals surface area (Å²) in [7, 11) is 0. The fourth-order valence-electron chi connectivity index (χ4n) is 1.58. The van der Waals surface area contributed by atoms with Crippen molar-refractivity contribution in [2.24, 2.45) is 10.9 Å². The molecule has 1 heterocycles. The van der Waals surface area contributed by atoms with Gasteiger partial charge in [0.05, 0.1) is 16.3 Å². The summed E-state index contributed by atoms with van der Waals surface area (Å²) in [6, 6.07) is 5.16. The van der Waals surface area contributed by atoms with E-state index < -0.39 is 11.7 Å². The van der Waals surface area contributed by atoms with Crippen LogP contribution in [0.25, 0.3) is 0 Å². The Morgan fingerprint density at radius 3 is 2.81 bits per heavy atom. The van der Waals surface area contributed by atoms with Crippen molar-refractivity contribution in [1.82, 2.24) is 4.98 Å². The van der Waals surface area contributed by atoms with Gasteiger partial charge in [0.2, 0.25) is 0 Å². The SMILES string of the molecule is N/C(=N/O)c1ccc(NC(=O)c2ccncc2Cl)c(F)c1. The number of pyridine rings is 1. The van der Waals surface area contributed by atoms with Gasteiger partial charge in [0.25, 0.3) is 5.91 Å². The molecule has 2 aromatic rings. The molecular formula is C13H10ClFN4O2. The molecule has 0 bridgehead atoms. The number of nitrogens with two attached hydrogens (primary N) is 1. The number of carbonyl (C=O) groups is 1. The maximum absolute atomic E-state index is 13.9. The average molecular weight is 309 g/mol. The van der Waals surface area contributed by atoms with Gasteiger partial charge in [0.15, 0.2) is 5.84 Å². The summed E-state index contributed by atoms with van der Waals surface area (Å²) in [4.78, 5) is 15.7. The molecule has 0 aliphatic rings. The van der Waals surface area contributed by atoms with E-state index in [-0.39, 0.29) is 27.7 Å². The van der Waals surface area contributed by atoms with E-state index in [0.29, 0.717) is 0 Å². The molecule has 0 unspecified atom stereocenters. The van der Waals surface area contributed by atoms with Gasteiger partial charge >= 0.3 is 0 Å². The summed E-state index contributed by atoms with van der Waals surface area (Å²) in [5.74, 6) is -1.53. The number of hydrogen-bond donors (Lipinski definition) is 3. The van der Waals surface area contributed by atoms with Crippen LogP contribution in [0.5, 0.6) is 0 Å². The van der Waals surface area contributed by atoms with Gasteiger partial charge in [-0.1, -0.05) is 16.8 Å². The minimum Gasteiger partial charge on any atom is -0.409 e. The summed E-state index contributed by atoms with van der Waals surface area (Å²) in [5, 5.41) is 13.8. The predicted octanol–water partition coefficient (Wildman–Crippen LogP) is 2.22. The molecule has 2 rings (SSSR count). The van der Waals surface area contributed by atoms with Crippen molar-refractivity contribution < 1.29 is 14.4 Å². The number of hydrogen-bond acceptors (Lipinski definition) is 4. The van der Waals surface area contributed by atoms with Gasteiger partial charge in [-0.05, 0) is 24.3 Å². The molecule has 1 aromatic heterocycles. The van der Waals surface area contributed by atoms with Crippen LogP contribution in [0, 0.1) is 5.82 Å². The molecular weight excluding hydrogens is 299 g/mol. The molecule has 21 heavy (non-hydrogen) atoms. The van der Waals surface area contributed by atoms with E-state index >= 15 is 0 Å². The van der Waals surface area contributed by atoms with Crippen molar-refractivity contribution in [2.75, 3.05) is 5.32 Å². The number of nitrogens with zero attached hydrogens (tertiary/aromatic N) is 2. The number of rotatable bonds is 3. The molecule has 0 aliphatic heterocycles. The lowest BCUT2D eigenvalue weighted by atomic mass is 10.1. The van der Waals surface area contributed by atoms with Crippen LogP contribution in [0.1, 0.15) is 15.9 Å². The van der Waals surface area contributed by atoms with E-state index in [4.69, 9.17) is 22.5 Å². The van der Waals surface area contributed by atoms with Crippen LogP contribution in [-0.4, -0.2) is 21.9 Å². The first-order valence-electron chi connectivity index (χ1n) is 5.71. The van der Waals surface area contributed by atoms with Crippen molar-refractivity contribution >= 4 is 29.0 Å². The molecule has 1 amide bonds. The lowest BCUT2D eigenvalue weighted by Crippen LogP contribution is -2.16. The van der Waals surface area contributed by atoms with Crippen LogP contribution >= 0.6 is 11.6 Å². The molecule has 0 atom stereocenters. The summed E-state index contributed by atoms with van der Waals surface area (Å²) in [5.41, 5.74) is 5.66. The number of amidine groups is 1. The second kappa shape index (κ2) is 6.19. The van der Waals surface area contributed by atoms with Crippen LogP contribution in [0.2, 0.25) is 5.02 Å². The van der Waals surface area contributed by atoms with E-state index in [1.807, 2.05) is 0 Å². The number of amides is 1. The van der Waals surface area contributed by atoms with Gasteiger partial charge in [-0.25, -0.2) is 4.39 Å². The number of oxime groups is 1. The second-order valence-corrected chi connectivity index (χ2v) is 4.40. The van der Waals surface area contributed by atoms with Crippen LogP contribution in [0.15, 0.2) is 41.8 Å². The maximum Gasteiger partial charge on any atom is 0.257 e. The summed E-state index contributed by atoms with van der Waals surface area (Å²) in [6.45, 7) is 0. The lowest BCUT2D eigenvalue weighted by Gasteiger charge is -2.08. The molecule has 0 spiro atoms. The van der Waals surface area contributed by atoms with Gasteiger partial charge in [-0.3, -0.25) is 9.78 Å². The number of benzene rings is 1. The number of nitrogens with one attached hydrogen (secondary N) is 1. The Morgan fingerprint density at radius 2 is 2.19 bits per heavy atom. The highest BCUT2D eigenvalue weighted by Crippen LogP contribution is 2.19. The number of halogens is 2. The summed E-state index contributed by atoms with van der Waals surface area (Å²) in [6.07, 6.45) is 2.72. The minimum absolute atomic E-state index is 0.0534. The largest absolute Gasteiger partial charge is 0.409 e. The zero-order chi connectivity index (χ0) is 15.4.